The number of aliphatic hydroxyl groups is 1. The number of hydrogen-bond acceptors (Lipinski definition) is 4. The molecule has 3 saturated heterocycles. The molecule has 2 aliphatic carbocycles. The molecule has 4 aromatic carbocycles. The van der Waals surface area contributed by atoms with Crippen LogP contribution in [-0.2, 0) is 17.1 Å². The molecule has 2 saturated carbocycles. The maximum Gasteiger partial charge on any atom is 0.416 e. The van der Waals surface area contributed by atoms with E-state index in [0.717, 1.165) is 68.0 Å². The summed E-state index contributed by atoms with van der Waals surface area (Å²) in [5, 5.41) is 14.0. The first kappa shape index (κ1) is 38.6. The Bertz CT molecular complexity index is 1770. The zero-order valence-corrected chi connectivity index (χ0v) is 30.2. The summed E-state index contributed by atoms with van der Waals surface area (Å²) in [7, 11) is 0. The Balaban J connectivity index is 0.000000139. The minimum absolute atomic E-state index is 0.123. The number of ether oxygens (including phenoxy) is 1. The van der Waals surface area contributed by atoms with E-state index in [-0.39, 0.29) is 6.10 Å². The summed E-state index contributed by atoms with van der Waals surface area (Å²) in [6.07, 6.45) is -4.53. The summed E-state index contributed by atoms with van der Waals surface area (Å²) < 4.78 is 80.2. The lowest BCUT2D eigenvalue weighted by Crippen LogP contribution is -2.27. The van der Waals surface area contributed by atoms with Crippen molar-refractivity contribution >= 4 is 0 Å². The van der Waals surface area contributed by atoms with Gasteiger partial charge in [0.2, 0.25) is 0 Å². The van der Waals surface area contributed by atoms with Gasteiger partial charge in [-0.1, -0.05) is 84.9 Å². The van der Waals surface area contributed by atoms with Crippen molar-refractivity contribution in [3.05, 3.63) is 143 Å². The van der Waals surface area contributed by atoms with Gasteiger partial charge in [0.05, 0.1) is 23.8 Å². The maximum absolute atomic E-state index is 12.9. The van der Waals surface area contributed by atoms with Crippen LogP contribution in [0, 0.1) is 23.7 Å². The van der Waals surface area contributed by atoms with E-state index < -0.39 is 29.6 Å². The molecule has 4 unspecified atom stereocenters. The molecule has 3 heterocycles. The zero-order valence-electron chi connectivity index (χ0n) is 30.2. The molecule has 0 radical (unpaired) electrons. The van der Waals surface area contributed by atoms with Crippen LogP contribution in [-0.4, -0.2) is 49.3 Å². The summed E-state index contributed by atoms with van der Waals surface area (Å²) in [5.74, 6) is 4.60. The Morgan fingerprint density at radius 3 is 1.57 bits per heavy atom. The molecule has 5 fully saturated rings. The summed E-state index contributed by atoms with van der Waals surface area (Å²) in [5.41, 5.74) is 2.59. The van der Waals surface area contributed by atoms with Gasteiger partial charge >= 0.3 is 12.4 Å². The minimum atomic E-state index is -4.38. The van der Waals surface area contributed by atoms with Gasteiger partial charge in [-0.3, -0.25) is 4.90 Å². The molecule has 0 bridgehead atoms. The summed E-state index contributed by atoms with van der Waals surface area (Å²) in [6, 6.07) is 31.9. The molecule has 0 spiro atoms. The van der Waals surface area contributed by atoms with Crippen molar-refractivity contribution in [3.63, 3.8) is 0 Å². The Morgan fingerprint density at radius 1 is 0.611 bits per heavy atom. The highest BCUT2D eigenvalue weighted by Crippen LogP contribution is 2.47. The van der Waals surface area contributed by atoms with Crippen LogP contribution in [0.15, 0.2) is 109 Å². The highest BCUT2D eigenvalue weighted by Gasteiger charge is 2.42. The number of likely N-dealkylation sites (tertiary alicyclic amines) is 1. The normalized spacial score (nSPS) is 27.9. The lowest BCUT2D eigenvalue weighted by molar-refractivity contribution is -0.138. The van der Waals surface area contributed by atoms with Crippen LogP contribution in [0.2, 0.25) is 0 Å². The number of hydrogen-bond donors (Lipinski definition) is 2. The number of aliphatic hydroxyl groups excluding tert-OH is 1. The zero-order chi connectivity index (χ0) is 37.9. The van der Waals surface area contributed by atoms with Gasteiger partial charge in [0.15, 0.2) is 0 Å². The van der Waals surface area contributed by atoms with E-state index in [0.29, 0.717) is 42.0 Å². The first-order valence-corrected chi connectivity index (χ1v) is 19.1. The van der Waals surface area contributed by atoms with E-state index in [1.54, 1.807) is 17.7 Å². The number of benzene rings is 4. The van der Waals surface area contributed by atoms with Gasteiger partial charge in [-0.2, -0.15) is 26.3 Å². The van der Waals surface area contributed by atoms with Crippen LogP contribution in [0.5, 0.6) is 0 Å². The number of halogens is 6. The maximum atomic E-state index is 12.9. The highest BCUT2D eigenvalue weighted by molar-refractivity contribution is 5.29. The first-order valence-electron chi connectivity index (χ1n) is 19.1. The Kier molecular flexibility index (Phi) is 11.8. The largest absolute Gasteiger partial charge is 0.416 e. The van der Waals surface area contributed by atoms with E-state index in [2.05, 4.69) is 64.8 Å². The van der Waals surface area contributed by atoms with Gasteiger partial charge in [0.25, 0.3) is 0 Å². The molecular formula is C44H48F6N2O2. The molecule has 2 N–H and O–H groups in total. The third kappa shape index (κ3) is 9.75. The van der Waals surface area contributed by atoms with Crippen molar-refractivity contribution in [2.24, 2.45) is 23.7 Å². The van der Waals surface area contributed by atoms with E-state index in [1.165, 1.54) is 43.6 Å². The topological polar surface area (TPSA) is 48.0 Å². The molecule has 8 atom stereocenters. The standard InChI is InChI=1S/C22H24F3NO.C13H17N.C9H7F3O/c23-22(24,25)20-8-4-7-16(11-20)21(27)14-26-12-18-9-17(10-19(18)13-26)15-5-2-1-3-6-15;1-2-4-10(5-3-1)11-6-12-8-14-9-13(12)7-11;10-9(11,12)7-3-1-2-6(4-7)8-5-13-8/h1-8,11,17-19,21,27H,9-10,12-14H2;1-5,11-14H,6-9H2;1-4,8H,5H2/t17?,18-,19+,21?;11?,12-,13+;. The molecule has 0 aromatic heterocycles. The molecule has 4 aromatic rings. The van der Waals surface area contributed by atoms with Crippen LogP contribution < -0.4 is 5.32 Å². The Morgan fingerprint density at radius 2 is 1.07 bits per heavy atom. The third-order valence-electron chi connectivity index (χ3n) is 12.0. The Hall–Kier alpha value is -3.70. The number of nitrogens with zero attached hydrogens (tertiary/aromatic N) is 1. The van der Waals surface area contributed by atoms with E-state index in [1.807, 2.05) is 6.07 Å². The minimum Gasteiger partial charge on any atom is -0.387 e. The predicted molar refractivity (Wildman–Crippen MR) is 197 cm³/mol. The second-order valence-electron chi connectivity index (χ2n) is 15.7. The van der Waals surface area contributed by atoms with Crippen molar-refractivity contribution in [3.8, 4) is 0 Å². The fourth-order valence-corrected chi connectivity index (χ4v) is 9.14. The third-order valence-corrected chi connectivity index (χ3v) is 12.0. The molecule has 3 aliphatic heterocycles. The van der Waals surface area contributed by atoms with Gasteiger partial charge in [-0.05, 0) is 121 Å². The van der Waals surface area contributed by atoms with Crippen LogP contribution >= 0.6 is 0 Å². The highest BCUT2D eigenvalue weighted by atomic mass is 19.4. The summed E-state index contributed by atoms with van der Waals surface area (Å²) in [4.78, 5) is 2.21. The number of nitrogens with one attached hydrogen (secondary N) is 1. The van der Waals surface area contributed by atoms with Crippen molar-refractivity contribution in [2.45, 2.75) is 62.1 Å². The number of alkyl halides is 6. The van der Waals surface area contributed by atoms with Gasteiger partial charge in [0.1, 0.15) is 6.10 Å². The van der Waals surface area contributed by atoms with Gasteiger partial charge in [-0.25, -0.2) is 0 Å². The summed E-state index contributed by atoms with van der Waals surface area (Å²) in [6.45, 7) is 5.28. The van der Waals surface area contributed by atoms with Crippen LogP contribution in [0.4, 0.5) is 26.3 Å². The molecular weight excluding hydrogens is 702 g/mol. The quantitative estimate of drug-likeness (QED) is 0.152. The predicted octanol–water partition coefficient (Wildman–Crippen LogP) is 10.0. The van der Waals surface area contributed by atoms with Gasteiger partial charge in [0, 0.05) is 19.6 Å². The lowest BCUT2D eigenvalue weighted by atomic mass is 9.96. The van der Waals surface area contributed by atoms with Crippen molar-refractivity contribution in [1.29, 1.82) is 0 Å². The second-order valence-corrected chi connectivity index (χ2v) is 15.7. The monoisotopic (exact) mass is 750 g/mol. The fourth-order valence-electron chi connectivity index (χ4n) is 9.14. The number of epoxide rings is 1. The Labute approximate surface area is 313 Å². The van der Waals surface area contributed by atoms with E-state index in [4.69, 9.17) is 4.74 Å². The van der Waals surface area contributed by atoms with E-state index >= 15 is 0 Å². The molecule has 0 amide bonds. The van der Waals surface area contributed by atoms with Gasteiger partial charge < -0.3 is 15.2 Å². The molecule has 5 aliphatic rings. The van der Waals surface area contributed by atoms with Crippen molar-refractivity contribution in [1.82, 2.24) is 10.2 Å². The average Bonchev–Trinajstić information content (AvgIpc) is 3.40. The molecule has 4 nitrogen and oxygen atoms in total. The number of β-amino-alcohol motifs (C(OH)–C–C–N with tert-alkyl or cyclic N) is 1. The smallest absolute Gasteiger partial charge is 0.387 e. The van der Waals surface area contributed by atoms with Crippen molar-refractivity contribution in [2.75, 3.05) is 39.3 Å². The number of rotatable bonds is 6. The lowest BCUT2D eigenvalue weighted by Gasteiger charge is -2.22. The summed E-state index contributed by atoms with van der Waals surface area (Å²) >= 11 is 0. The first-order chi connectivity index (χ1) is 25.9. The fraction of sp³-hybridized carbons (Fsp3) is 0.455. The molecule has 288 valence electrons. The number of fused-ring (bicyclic) bond motifs is 2. The molecule has 9 rings (SSSR count). The van der Waals surface area contributed by atoms with Crippen LogP contribution in [0.25, 0.3) is 0 Å². The second kappa shape index (κ2) is 16.6. The van der Waals surface area contributed by atoms with Crippen LogP contribution in [0.3, 0.4) is 0 Å². The molecule has 54 heavy (non-hydrogen) atoms. The van der Waals surface area contributed by atoms with Crippen LogP contribution in [0.1, 0.15) is 83.1 Å². The van der Waals surface area contributed by atoms with Crippen molar-refractivity contribution < 1.29 is 36.2 Å². The SMILES string of the molecule is FC(F)(F)c1cccc(C2CO2)c1.OC(CN1C[C@H]2CC(c3ccccc3)C[C@H]2C1)c1cccc(C(F)(F)F)c1.c1ccc(C2C[C@H]3CNC[C@H]3C2)cc1. The van der Waals surface area contributed by atoms with E-state index in [9.17, 15) is 31.4 Å². The average molecular weight is 751 g/mol. The molecule has 10 heteroatoms. The van der Waals surface area contributed by atoms with Gasteiger partial charge in [-0.15, -0.1) is 0 Å².